The summed E-state index contributed by atoms with van der Waals surface area (Å²) in [5.74, 6) is -0.846. The third-order valence-electron chi connectivity index (χ3n) is 3.98. The monoisotopic (exact) mass is 339 g/mol. The summed E-state index contributed by atoms with van der Waals surface area (Å²) in [6.07, 6.45) is 2.84. The number of imidazole rings is 1. The smallest absolute Gasteiger partial charge is 0.337 e. The van der Waals surface area contributed by atoms with Gasteiger partial charge in [0.15, 0.2) is 0 Å². The predicted octanol–water partition coefficient (Wildman–Crippen LogP) is 2.42. The second-order valence-electron chi connectivity index (χ2n) is 5.54. The molecule has 3 heterocycles. The Morgan fingerprint density at radius 1 is 1.20 bits per heavy atom. The lowest BCUT2D eigenvalue weighted by Crippen LogP contribution is -2.30. The molecule has 1 aliphatic heterocycles. The summed E-state index contributed by atoms with van der Waals surface area (Å²) in [6, 6.07) is 7.58. The molecule has 0 aliphatic carbocycles. The molecule has 1 aromatic carbocycles. The molecule has 0 saturated carbocycles. The van der Waals surface area contributed by atoms with E-state index in [1.54, 1.807) is 22.9 Å². The second-order valence-corrected chi connectivity index (χ2v) is 5.54. The lowest BCUT2D eigenvalue weighted by Gasteiger charge is -2.20. The minimum atomic E-state index is -1.08. The maximum absolute atomic E-state index is 13.3. The van der Waals surface area contributed by atoms with Gasteiger partial charge in [-0.1, -0.05) is 0 Å². The molecule has 3 N–H and O–H groups in total. The van der Waals surface area contributed by atoms with Gasteiger partial charge in [0.2, 0.25) is 5.95 Å². The predicted molar refractivity (Wildman–Crippen MR) is 90.5 cm³/mol. The Labute approximate surface area is 142 Å². The van der Waals surface area contributed by atoms with Crippen molar-refractivity contribution >= 4 is 11.9 Å². The van der Waals surface area contributed by atoms with Crippen LogP contribution in [-0.2, 0) is 0 Å². The average molecular weight is 339 g/mol. The Morgan fingerprint density at radius 2 is 2.00 bits per heavy atom. The fourth-order valence-electron chi connectivity index (χ4n) is 2.86. The van der Waals surface area contributed by atoms with Crippen LogP contribution in [0.5, 0.6) is 0 Å². The molecule has 3 aromatic rings. The van der Waals surface area contributed by atoms with Crippen LogP contribution < -0.4 is 10.7 Å². The zero-order chi connectivity index (χ0) is 17.4. The number of nitrogens with one attached hydrogen (secondary N) is 2. The third-order valence-corrected chi connectivity index (χ3v) is 3.98. The molecule has 0 amide bonds. The van der Waals surface area contributed by atoms with Gasteiger partial charge in [-0.15, -0.1) is 0 Å². The van der Waals surface area contributed by atoms with Crippen molar-refractivity contribution in [2.75, 3.05) is 23.8 Å². The molecular weight excluding hydrogens is 325 g/mol. The van der Waals surface area contributed by atoms with Crippen LogP contribution in [0.2, 0.25) is 0 Å². The molecule has 2 aromatic heterocycles. The molecule has 0 bridgehead atoms. The molecule has 8 heteroatoms. The first-order valence-corrected chi connectivity index (χ1v) is 7.69. The SMILES string of the molecule is O=C(O)c1cnccc1-c1c(-c2ccc(F)cc2)nc2n1NCCN2. The summed E-state index contributed by atoms with van der Waals surface area (Å²) < 4.78 is 15.0. The van der Waals surface area contributed by atoms with Gasteiger partial charge >= 0.3 is 5.97 Å². The highest BCUT2D eigenvalue weighted by molar-refractivity contribution is 5.97. The van der Waals surface area contributed by atoms with Crippen molar-refractivity contribution in [3.63, 3.8) is 0 Å². The number of fused-ring (bicyclic) bond motifs is 1. The van der Waals surface area contributed by atoms with Gasteiger partial charge in [0.05, 0.1) is 5.56 Å². The number of pyridine rings is 1. The molecule has 25 heavy (non-hydrogen) atoms. The van der Waals surface area contributed by atoms with Crippen LogP contribution in [0.4, 0.5) is 10.3 Å². The van der Waals surface area contributed by atoms with E-state index in [0.717, 1.165) is 0 Å². The normalized spacial score (nSPS) is 12.8. The third kappa shape index (κ3) is 2.57. The van der Waals surface area contributed by atoms with Crippen molar-refractivity contribution in [3.05, 3.63) is 54.1 Å². The summed E-state index contributed by atoms with van der Waals surface area (Å²) in [5, 5.41) is 12.7. The van der Waals surface area contributed by atoms with Crippen molar-refractivity contribution in [3.8, 4) is 22.5 Å². The molecule has 0 unspecified atom stereocenters. The number of halogens is 1. The number of hydrogen-bond donors (Lipinski definition) is 3. The van der Waals surface area contributed by atoms with Crippen LogP contribution in [-0.4, -0.2) is 38.8 Å². The van der Waals surface area contributed by atoms with E-state index < -0.39 is 5.97 Å². The zero-order valence-corrected chi connectivity index (χ0v) is 13.0. The van der Waals surface area contributed by atoms with Crippen molar-refractivity contribution in [1.29, 1.82) is 0 Å². The first kappa shape index (κ1) is 15.1. The number of carboxylic acids is 1. The van der Waals surface area contributed by atoms with Crippen LogP contribution in [0.1, 0.15) is 10.4 Å². The van der Waals surface area contributed by atoms with Gasteiger partial charge < -0.3 is 15.8 Å². The van der Waals surface area contributed by atoms with Crippen LogP contribution >= 0.6 is 0 Å². The first-order valence-electron chi connectivity index (χ1n) is 7.69. The Balaban J connectivity index is 1.99. The van der Waals surface area contributed by atoms with Gasteiger partial charge in [-0.25, -0.2) is 18.8 Å². The number of anilines is 1. The molecule has 126 valence electrons. The number of rotatable bonds is 3. The highest BCUT2D eigenvalue weighted by Crippen LogP contribution is 2.36. The summed E-state index contributed by atoms with van der Waals surface area (Å²) in [7, 11) is 0. The fourth-order valence-corrected chi connectivity index (χ4v) is 2.86. The number of benzene rings is 1. The van der Waals surface area contributed by atoms with Crippen molar-refractivity contribution in [1.82, 2.24) is 14.6 Å². The number of carbonyl (C=O) groups is 1. The molecule has 4 rings (SSSR count). The standard InChI is InChI=1S/C17H14FN5O2/c18-11-3-1-10(2-4-11)14-15(23-17(22-14)20-7-8-21-23)12-5-6-19-9-13(12)16(24)25/h1-6,9,21H,7-8H2,(H,20,22)(H,24,25). The Morgan fingerprint density at radius 3 is 2.76 bits per heavy atom. The first-order chi connectivity index (χ1) is 12.1. The highest BCUT2D eigenvalue weighted by atomic mass is 19.1. The lowest BCUT2D eigenvalue weighted by atomic mass is 10.0. The van der Waals surface area contributed by atoms with Crippen molar-refractivity contribution in [2.45, 2.75) is 0 Å². The van der Waals surface area contributed by atoms with Crippen molar-refractivity contribution < 1.29 is 14.3 Å². The largest absolute Gasteiger partial charge is 0.478 e. The van der Waals surface area contributed by atoms with E-state index in [0.29, 0.717) is 41.6 Å². The maximum Gasteiger partial charge on any atom is 0.337 e. The van der Waals surface area contributed by atoms with E-state index >= 15 is 0 Å². The fraction of sp³-hybridized carbons (Fsp3) is 0.118. The second kappa shape index (κ2) is 5.90. The highest BCUT2D eigenvalue weighted by Gasteiger charge is 2.25. The van der Waals surface area contributed by atoms with Gasteiger partial charge in [0.25, 0.3) is 0 Å². The molecule has 0 atom stereocenters. The van der Waals surface area contributed by atoms with Gasteiger partial charge in [-0.3, -0.25) is 4.98 Å². The van der Waals surface area contributed by atoms with Gasteiger partial charge in [-0.2, -0.15) is 0 Å². The Kier molecular flexibility index (Phi) is 3.57. The number of hydrogen-bond acceptors (Lipinski definition) is 5. The Bertz CT molecular complexity index is 952. The van der Waals surface area contributed by atoms with E-state index in [1.807, 2.05) is 0 Å². The molecule has 1 aliphatic rings. The van der Waals surface area contributed by atoms with E-state index in [-0.39, 0.29) is 11.4 Å². The van der Waals surface area contributed by atoms with E-state index in [9.17, 15) is 14.3 Å². The van der Waals surface area contributed by atoms with E-state index in [4.69, 9.17) is 0 Å². The zero-order valence-electron chi connectivity index (χ0n) is 13.0. The van der Waals surface area contributed by atoms with Gasteiger partial charge in [0.1, 0.15) is 17.2 Å². The summed E-state index contributed by atoms with van der Waals surface area (Å²) in [4.78, 5) is 20.1. The summed E-state index contributed by atoms with van der Waals surface area (Å²) >= 11 is 0. The Hall–Kier alpha value is -3.42. The van der Waals surface area contributed by atoms with E-state index in [2.05, 4.69) is 20.7 Å². The van der Waals surface area contributed by atoms with Crippen LogP contribution in [0.25, 0.3) is 22.5 Å². The van der Waals surface area contributed by atoms with Crippen molar-refractivity contribution in [2.24, 2.45) is 0 Å². The summed E-state index contributed by atoms with van der Waals surface area (Å²) in [6.45, 7) is 1.36. The van der Waals surface area contributed by atoms with Crippen LogP contribution in [0.3, 0.4) is 0 Å². The minimum Gasteiger partial charge on any atom is -0.478 e. The molecule has 0 radical (unpaired) electrons. The van der Waals surface area contributed by atoms with Crippen LogP contribution in [0.15, 0.2) is 42.7 Å². The average Bonchev–Trinajstić information content (AvgIpc) is 3.01. The lowest BCUT2D eigenvalue weighted by molar-refractivity contribution is 0.0697. The molecule has 7 nitrogen and oxygen atoms in total. The number of nitrogens with zero attached hydrogens (tertiary/aromatic N) is 3. The van der Waals surface area contributed by atoms with Crippen LogP contribution in [0, 0.1) is 5.82 Å². The van der Waals surface area contributed by atoms with Gasteiger partial charge in [-0.05, 0) is 30.3 Å². The van der Waals surface area contributed by atoms with E-state index in [1.165, 1.54) is 24.5 Å². The molecule has 0 spiro atoms. The minimum absolute atomic E-state index is 0.0703. The van der Waals surface area contributed by atoms with Gasteiger partial charge in [0, 0.05) is 36.6 Å². The number of aromatic nitrogens is 3. The quantitative estimate of drug-likeness (QED) is 0.679. The molecular formula is C17H14FN5O2. The number of aromatic carboxylic acids is 1. The maximum atomic E-state index is 13.3. The number of carboxylic acid groups (broad SMARTS) is 1. The molecule has 0 saturated heterocycles. The summed E-state index contributed by atoms with van der Waals surface area (Å²) in [5.41, 5.74) is 5.60. The topological polar surface area (TPSA) is 92.1 Å². The molecule has 0 fully saturated rings.